The summed E-state index contributed by atoms with van der Waals surface area (Å²) in [5.74, 6) is -0.804. The fourth-order valence-corrected chi connectivity index (χ4v) is 5.78. The van der Waals surface area contributed by atoms with Crippen LogP contribution >= 0.6 is 11.8 Å². The summed E-state index contributed by atoms with van der Waals surface area (Å²) in [7, 11) is 0. The second kappa shape index (κ2) is 7.71. The van der Waals surface area contributed by atoms with Crippen molar-refractivity contribution in [1.29, 1.82) is 0 Å². The van der Waals surface area contributed by atoms with E-state index in [-0.39, 0.29) is 30.0 Å². The van der Waals surface area contributed by atoms with Crippen LogP contribution < -0.4 is 5.32 Å². The molecule has 1 saturated heterocycles. The van der Waals surface area contributed by atoms with Gasteiger partial charge in [-0.2, -0.15) is 0 Å². The standard InChI is InChI=1S/C24H24F2N2O2S/c1-23(9-10-23)20-11-16-13-31-22(27-21(29)15-5-3-2-4-6-15)28-24(16,14-30-20)18-8-7-17(25)12-19(18)26/h2-8,12,16,20H,9-11,13-14H2,1H3,(H,27,28,29). The van der Waals surface area contributed by atoms with Crippen LogP contribution in [0.2, 0.25) is 0 Å². The van der Waals surface area contributed by atoms with E-state index < -0.39 is 17.2 Å². The fraction of sp³-hybridized carbons (Fsp3) is 0.417. The van der Waals surface area contributed by atoms with Gasteiger partial charge in [0.1, 0.15) is 17.2 Å². The molecule has 162 valence electrons. The number of hydrogen-bond donors (Lipinski definition) is 1. The topological polar surface area (TPSA) is 50.7 Å². The fourth-order valence-electron chi connectivity index (χ4n) is 4.62. The highest BCUT2D eigenvalue weighted by Gasteiger charge is 2.55. The van der Waals surface area contributed by atoms with Crippen LogP contribution in [-0.4, -0.2) is 29.5 Å². The van der Waals surface area contributed by atoms with Crippen LogP contribution in [0, 0.1) is 23.0 Å². The monoisotopic (exact) mass is 442 g/mol. The largest absolute Gasteiger partial charge is 0.375 e. The molecular formula is C24H24F2N2O2S. The average Bonchev–Trinajstić information content (AvgIpc) is 3.52. The van der Waals surface area contributed by atoms with Crippen molar-refractivity contribution in [3.63, 3.8) is 0 Å². The van der Waals surface area contributed by atoms with Crippen LogP contribution in [0.5, 0.6) is 0 Å². The Morgan fingerprint density at radius 2 is 1.97 bits per heavy atom. The van der Waals surface area contributed by atoms with E-state index in [1.54, 1.807) is 24.3 Å². The van der Waals surface area contributed by atoms with Crippen LogP contribution in [0.15, 0.2) is 53.5 Å². The van der Waals surface area contributed by atoms with Crippen molar-refractivity contribution in [3.05, 3.63) is 71.3 Å². The lowest BCUT2D eigenvalue weighted by molar-refractivity contribution is -0.0862. The van der Waals surface area contributed by atoms with Crippen molar-refractivity contribution in [1.82, 2.24) is 5.32 Å². The van der Waals surface area contributed by atoms with Gasteiger partial charge in [-0.3, -0.25) is 4.79 Å². The molecule has 3 unspecified atom stereocenters. The van der Waals surface area contributed by atoms with E-state index >= 15 is 0 Å². The van der Waals surface area contributed by atoms with E-state index in [1.807, 2.05) is 6.07 Å². The molecule has 2 aromatic rings. The zero-order valence-electron chi connectivity index (χ0n) is 17.2. The average molecular weight is 443 g/mol. The Hall–Kier alpha value is -2.25. The molecular weight excluding hydrogens is 418 g/mol. The van der Waals surface area contributed by atoms with Crippen molar-refractivity contribution in [2.24, 2.45) is 16.3 Å². The number of rotatable bonds is 3. The van der Waals surface area contributed by atoms with Gasteiger partial charge in [0, 0.05) is 28.9 Å². The number of fused-ring (bicyclic) bond motifs is 1. The molecule has 7 heteroatoms. The molecule has 5 rings (SSSR count). The second-order valence-corrected chi connectivity index (χ2v) is 9.99. The maximum atomic E-state index is 14.9. The van der Waals surface area contributed by atoms with Gasteiger partial charge >= 0.3 is 0 Å². The molecule has 1 aliphatic carbocycles. The van der Waals surface area contributed by atoms with Crippen molar-refractivity contribution in [2.45, 2.75) is 37.8 Å². The van der Waals surface area contributed by atoms with Crippen molar-refractivity contribution < 1.29 is 18.3 Å². The minimum Gasteiger partial charge on any atom is -0.375 e. The van der Waals surface area contributed by atoms with Crippen LogP contribution in [0.4, 0.5) is 8.78 Å². The van der Waals surface area contributed by atoms with Gasteiger partial charge in [-0.05, 0) is 42.9 Å². The molecule has 0 radical (unpaired) electrons. The summed E-state index contributed by atoms with van der Waals surface area (Å²) < 4.78 is 34.8. The summed E-state index contributed by atoms with van der Waals surface area (Å²) in [6.07, 6.45) is 3.16. The van der Waals surface area contributed by atoms with E-state index in [9.17, 15) is 13.6 Å². The number of aliphatic imine (C=N–C) groups is 1. The van der Waals surface area contributed by atoms with Gasteiger partial charge in [0.05, 0.1) is 12.7 Å². The molecule has 3 atom stereocenters. The molecule has 1 N–H and O–H groups in total. The van der Waals surface area contributed by atoms with E-state index in [1.165, 1.54) is 23.9 Å². The Labute approximate surface area is 184 Å². The van der Waals surface area contributed by atoms with Crippen molar-refractivity contribution in [2.75, 3.05) is 12.4 Å². The molecule has 0 aromatic heterocycles. The number of carbonyl (C=O) groups excluding carboxylic acids is 1. The minimum atomic E-state index is -0.982. The number of amides is 1. The predicted molar refractivity (Wildman–Crippen MR) is 117 cm³/mol. The Morgan fingerprint density at radius 3 is 2.68 bits per heavy atom. The molecule has 2 heterocycles. The van der Waals surface area contributed by atoms with Gasteiger partial charge in [-0.25, -0.2) is 13.8 Å². The van der Waals surface area contributed by atoms with Gasteiger partial charge < -0.3 is 10.1 Å². The van der Waals surface area contributed by atoms with E-state index in [2.05, 4.69) is 12.2 Å². The minimum absolute atomic E-state index is 0.0333. The Kier molecular flexibility index (Phi) is 5.13. The summed E-state index contributed by atoms with van der Waals surface area (Å²) in [5, 5.41) is 3.31. The number of benzene rings is 2. The molecule has 2 aliphatic heterocycles. The molecule has 4 nitrogen and oxygen atoms in total. The summed E-state index contributed by atoms with van der Waals surface area (Å²) in [4.78, 5) is 17.5. The highest BCUT2D eigenvalue weighted by atomic mass is 32.2. The van der Waals surface area contributed by atoms with Crippen LogP contribution in [0.1, 0.15) is 42.1 Å². The third-order valence-corrected chi connectivity index (χ3v) is 7.91. The molecule has 2 aromatic carbocycles. The predicted octanol–water partition coefficient (Wildman–Crippen LogP) is 4.90. The zero-order chi connectivity index (χ0) is 21.6. The smallest absolute Gasteiger partial charge is 0.257 e. The lowest BCUT2D eigenvalue weighted by atomic mass is 9.73. The number of hydrogen-bond acceptors (Lipinski definition) is 4. The zero-order valence-corrected chi connectivity index (χ0v) is 18.1. The van der Waals surface area contributed by atoms with Crippen LogP contribution in [0.3, 0.4) is 0 Å². The van der Waals surface area contributed by atoms with E-state index in [4.69, 9.17) is 9.73 Å². The second-order valence-electron chi connectivity index (χ2n) is 8.98. The number of nitrogens with zero attached hydrogens (tertiary/aromatic N) is 1. The van der Waals surface area contributed by atoms with Gasteiger partial charge in [-0.1, -0.05) is 43.0 Å². The number of nitrogens with one attached hydrogen (secondary N) is 1. The van der Waals surface area contributed by atoms with Gasteiger partial charge in [0.25, 0.3) is 5.91 Å². The summed E-state index contributed by atoms with van der Waals surface area (Å²) in [6, 6.07) is 12.5. The molecule has 0 bridgehead atoms. The maximum Gasteiger partial charge on any atom is 0.257 e. The van der Waals surface area contributed by atoms with Gasteiger partial charge in [0.2, 0.25) is 0 Å². The van der Waals surface area contributed by atoms with E-state index in [0.29, 0.717) is 22.0 Å². The molecule has 1 saturated carbocycles. The SMILES string of the molecule is CC1(C2CC3CSC(NC(=O)c4ccccc4)=NC3(c3ccc(F)cc3F)CO2)CC1. The lowest BCUT2D eigenvalue weighted by Crippen LogP contribution is -2.52. The van der Waals surface area contributed by atoms with Crippen LogP contribution in [-0.2, 0) is 10.3 Å². The number of ether oxygens (including phenoxy) is 1. The number of amidine groups is 1. The quantitative estimate of drug-likeness (QED) is 0.736. The third-order valence-electron chi connectivity index (χ3n) is 6.87. The van der Waals surface area contributed by atoms with Gasteiger partial charge in [0.15, 0.2) is 5.17 Å². The molecule has 0 spiro atoms. The first-order valence-corrected chi connectivity index (χ1v) is 11.5. The highest BCUT2D eigenvalue weighted by molar-refractivity contribution is 8.13. The first-order valence-electron chi connectivity index (χ1n) is 10.6. The highest BCUT2D eigenvalue weighted by Crippen LogP contribution is 2.56. The van der Waals surface area contributed by atoms with Crippen LogP contribution in [0.25, 0.3) is 0 Å². The number of halogens is 2. The Morgan fingerprint density at radius 1 is 1.19 bits per heavy atom. The normalized spacial score (nSPS) is 28.9. The maximum absolute atomic E-state index is 14.9. The molecule has 31 heavy (non-hydrogen) atoms. The molecule has 3 aliphatic rings. The molecule has 2 fully saturated rings. The Bertz CT molecular complexity index is 1040. The summed E-state index contributed by atoms with van der Waals surface area (Å²) in [6.45, 7) is 2.44. The molecule has 1 amide bonds. The van der Waals surface area contributed by atoms with Crippen molar-refractivity contribution in [3.8, 4) is 0 Å². The first kappa shape index (κ1) is 20.6. The van der Waals surface area contributed by atoms with Crippen molar-refractivity contribution >= 4 is 22.8 Å². The summed E-state index contributed by atoms with van der Waals surface area (Å²) in [5.41, 5.74) is 0.0509. The lowest BCUT2D eigenvalue weighted by Gasteiger charge is -2.48. The Balaban J connectivity index is 1.49. The number of carbonyl (C=O) groups is 1. The third kappa shape index (κ3) is 3.78. The van der Waals surface area contributed by atoms with Gasteiger partial charge in [-0.15, -0.1) is 0 Å². The summed E-state index contributed by atoms with van der Waals surface area (Å²) >= 11 is 1.47. The number of thioether (sulfide) groups is 1. The van der Waals surface area contributed by atoms with E-state index in [0.717, 1.165) is 25.3 Å². The first-order chi connectivity index (χ1) is 14.9.